The number of piperidine rings is 1. The van der Waals surface area contributed by atoms with Gasteiger partial charge in [-0.2, -0.15) is 0 Å². The third-order valence-corrected chi connectivity index (χ3v) is 3.69. The molecule has 5 nitrogen and oxygen atoms in total. The number of hydrogen-bond acceptors (Lipinski definition) is 4. The SMILES string of the molecule is COc1ncc(-c2ccc(C3CCCC(=O)N3)cc2)cn1. The molecular formula is C16H17N3O2. The molecule has 1 aromatic carbocycles. The molecule has 0 aliphatic carbocycles. The van der Waals surface area contributed by atoms with Gasteiger partial charge in [0.2, 0.25) is 5.91 Å². The van der Waals surface area contributed by atoms with E-state index >= 15 is 0 Å². The highest BCUT2D eigenvalue weighted by molar-refractivity contribution is 5.77. The molecule has 0 bridgehead atoms. The standard InChI is InChI=1S/C16H17N3O2/c1-21-16-17-9-13(10-18-16)11-5-7-12(8-6-11)14-3-2-4-15(20)19-14/h5-10,14H,2-4H2,1H3,(H,19,20). The summed E-state index contributed by atoms with van der Waals surface area (Å²) in [6, 6.07) is 8.65. The van der Waals surface area contributed by atoms with E-state index < -0.39 is 0 Å². The minimum absolute atomic E-state index is 0.132. The van der Waals surface area contributed by atoms with Crippen molar-refractivity contribution in [2.24, 2.45) is 0 Å². The molecule has 1 aliphatic rings. The van der Waals surface area contributed by atoms with Crippen LogP contribution in [0.3, 0.4) is 0 Å². The Hall–Kier alpha value is -2.43. The van der Waals surface area contributed by atoms with Crippen molar-refractivity contribution in [3.8, 4) is 17.1 Å². The molecule has 1 N–H and O–H groups in total. The summed E-state index contributed by atoms with van der Waals surface area (Å²) < 4.78 is 4.95. The molecule has 1 unspecified atom stereocenters. The largest absolute Gasteiger partial charge is 0.467 e. The number of nitrogens with one attached hydrogen (secondary N) is 1. The van der Waals surface area contributed by atoms with Crippen LogP contribution in [-0.4, -0.2) is 23.0 Å². The van der Waals surface area contributed by atoms with Gasteiger partial charge in [-0.05, 0) is 24.0 Å². The molecule has 3 rings (SSSR count). The molecule has 1 amide bonds. The molecule has 2 heterocycles. The molecule has 1 saturated heterocycles. The van der Waals surface area contributed by atoms with Gasteiger partial charge in [0.25, 0.3) is 0 Å². The summed E-state index contributed by atoms with van der Waals surface area (Å²) in [5.74, 6) is 0.138. The molecule has 1 atom stereocenters. The lowest BCUT2D eigenvalue weighted by atomic mass is 9.95. The summed E-state index contributed by atoms with van der Waals surface area (Å²) in [5.41, 5.74) is 3.12. The number of methoxy groups -OCH3 is 1. The normalized spacial score (nSPS) is 18.1. The number of amides is 1. The monoisotopic (exact) mass is 283 g/mol. The number of benzene rings is 1. The third-order valence-electron chi connectivity index (χ3n) is 3.69. The maximum absolute atomic E-state index is 11.5. The van der Waals surface area contributed by atoms with Crippen LogP contribution in [0, 0.1) is 0 Å². The average molecular weight is 283 g/mol. The maximum Gasteiger partial charge on any atom is 0.316 e. The van der Waals surface area contributed by atoms with Crippen LogP contribution < -0.4 is 10.1 Å². The van der Waals surface area contributed by atoms with Crippen LogP contribution in [0.25, 0.3) is 11.1 Å². The number of hydrogen-bond donors (Lipinski definition) is 1. The van der Waals surface area contributed by atoms with E-state index in [0.717, 1.165) is 29.5 Å². The lowest BCUT2D eigenvalue weighted by Gasteiger charge is -2.23. The lowest BCUT2D eigenvalue weighted by molar-refractivity contribution is -0.123. The first-order valence-corrected chi connectivity index (χ1v) is 7.02. The summed E-state index contributed by atoms with van der Waals surface area (Å²) in [5, 5.41) is 3.03. The second-order valence-corrected chi connectivity index (χ2v) is 5.09. The van der Waals surface area contributed by atoms with E-state index in [1.54, 1.807) is 19.5 Å². The van der Waals surface area contributed by atoms with E-state index in [1.165, 1.54) is 0 Å². The molecule has 0 saturated carbocycles. The molecule has 108 valence electrons. The number of carbonyl (C=O) groups is 1. The number of carbonyl (C=O) groups excluding carboxylic acids is 1. The third kappa shape index (κ3) is 3.02. The van der Waals surface area contributed by atoms with Gasteiger partial charge in [-0.3, -0.25) is 4.79 Å². The first-order chi connectivity index (χ1) is 10.3. The van der Waals surface area contributed by atoms with Crippen LogP contribution in [0.2, 0.25) is 0 Å². The Morgan fingerprint density at radius 3 is 2.48 bits per heavy atom. The zero-order chi connectivity index (χ0) is 14.7. The van der Waals surface area contributed by atoms with Gasteiger partial charge >= 0.3 is 6.01 Å². The molecule has 1 fully saturated rings. The van der Waals surface area contributed by atoms with Gasteiger partial charge in [0, 0.05) is 24.4 Å². The van der Waals surface area contributed by atoms with Crippen molar-refractivity contribution in [3.63, 3.8) is 0 Å². The summed E-state index contributed by atoms with van der Waals surface area (Å²) in [7, 11) is 1.54. The van der Waals surface area contributed by atoms with Crippen molar-refractivity contribution in [1.29, 1.82) is 0 Å². The Labute approximate surface area is 123 Å². The van der Waals surface area contributed by atoms with Crippen molar-refractivity contribution in [3.05, 3.63) is 42.2 Å². The summed E-state index contributed by atoms with van der Waals surface area (Å²) in [6.07, 6.45) is 6.06. The molecule has 0 radical (unpaired) electrons. The number of ether oxygens (including phenoxy) is 1. The zero-order valence-corrected chi connectivity index (χ0v) is 11.9. The van der Waals surface area contributed by atoms with E-state index in [9.17, 15) is 4.79 Å². The average Bonchev–Trinajstić information content (AvgIpc) is 2.55. The smallest absolute Gasteiger partial charge is 0.316 e. The zero-order valence-electron chi connectivity index (χ0n) is 11.9. The summed E-state index contributed by atoms with van der Waals surface area (Å²) in [4.78, 5) is 19.7. The van der Waals surface area contributed by atoms with Gasteiger partial charge in [0.05, 0.1) is 13.2 Å². The first-order valence-electron chi connectivity index (χ1n) is 7.02. The highest BCUT2D eigenvalue weighted by Crippen LogP contribution is 2.26. The van der Waals surface area contributed by atoms with Crippen LogP contribution in [-0.2, 0) is 4.79 Å². The van der Waals surface area contributed by atoms with Crippen LogP contribution >= 0.6 is 0 Å². The van der Waals surface area contributed by atoms with Crippen molar-refractivity contribution in [2.45, 2.75) is 25.3 Å². The highest BCUT2D eigenvalue weighted by atomic mass is 16.5. The van der Waals surface area contributed by atoms with Crippen molar-refractivity contribution in [2.75, 3.05) is 7.11 Å². The fraction of sp³-hybridized carbons (Fsp3) is 0.312. The Morgan fingerprint density at radius 2 is 1.86 bits per heavy atom. The summed E-state index contributed by atoms with van der Waals surface area (Å²) >= 11 is 0. The van der Waals surface area contributed by atoms with E-state index in [-0.39, 0.29) is 11.9 Å². The van der Waals surface area contributed by atoms with Gasteiger partial charge in [-0.25, -0.2) is 9.97 Å². The van der Waals surface area contributed by atoms with Crippen molar-refractivity contribution >= 4 is 5.91 Å². The van der Waals surface area contributed by atoms with Gasteiger partial charge in [-0.1, -0.05) is 24.3 Å². The molecule has 21 heavy (non-hydrogen) atoms. The Balaban J connectivity index is 1.78. The second kappa shape index (κ2) is 5.91. The first kappa shape index (κ1) is 13.5. The van der Waals surface area contributed by atoms with E-state index in [4.69, 9.17) is 4.74 Å². The fourth-order valence-corrected chi connectivity index (χ4v) is 2.53. The Morgan fingerprint density at radius 1 is 1.14 bits per heavy atom. The van der Waals surface area contributed by atoms with Crippen LogP contribution in [0.15, 0.2) is 36.7 Å². The van der Waals surface area contributed by atoms with E-state index in [0.29, 0.717) is 12.4 Å². The van der Waals surface area contributed by atoms with E-state index in [1.807, 2.05) is 12.1 Å². The van der Waals surface area contributed by atoms with E-state index in [2.05, 4.69) is 27.4 Å². The summed E-state index contributed by atoms with van der Waals surface area (Å²) in [6.45, 7) is 0. The Bertz CT molecular complexity index is 623. The molecule has 0 spiro atoms. The molecule has 2 aromatic rings. The topological polar surface area (TPSA) is 64.1 Å². The minimum atomic E-state index is 0.132. The fourth-order valence-electron chi connectivity index (χ4n) is 2.53. The highest BCUT2D eigenvalue weighted by Gasteiger charge is 2.19. The molecule has 1 aromatic heterocycles. The Kier molecular flexibility index (Phi) is 3.81. The number of nitrogens with zero attached hydrogens (tertiary/aromatic N) is 2. The van der Waals surface area contributed by atoms with Gasteiger partial charge in [-0.15, -0.1) is 0 Å². The van der Waals surface area contributed by atoms with Gasteiger partial charge < -0.3 is 10.1 Å². The lowest BCUT2D eigenvalue weighted by Crippen LogP contribution is -2.32. The molecule has 5 heteroatoms. The molecule has 1 aliphatic heterocycles. The molecular weight excluding hydrogens is 266 g/mol. The van der Waals surface area contributed by atoms with Crippen molar-refractivity contribution < 1.29 is 9.53 Å². The van der Waals surface area contributed by atoms with Crippen LogP contribution in [0.4, 0.5) is 0 Å². The quantitative estimate of drug-likeness (QED) is 0.940. The number of rotatable bonds is 3. The predicted octanol–water partition coefficient (Wildman–Crippen LogP) is 2.49. The van der Waals surface area contributed by atoms with Gasteiger partial charge in [0.15, 0.2) is 0 Å². The predicted molar refractivity (Wildman–Crippen MR) is 78.8 cm³/mol. The van der Waals surface area contributed by atoms with Crippen LogP contribution in [0.5, 0.6) is 6.01 Å². The van der Waals surface area contributed by atoms with Crippen LogP contribution in [0.1, 0.15) is 30.9 Å². The second-order valence-electron chi connectivity index (χ2n) is 5.09. The number of aromatic nitrogens is 2. The van der Waals surface area contributed by atoms with Crippen molar-refractivity contribution in [1.82, 2.24) is 15.3 Å². The van der Waals surface area contributed by atoms with Gasteiger partial charge in [0.1, 0.15) is 0 Å². The maximum atomic E-state index is 11.5. The minimum Gasteiger partial charge on any atom is -0.467 e.